The van der Waals surface area contributed by atoms with E-state index in [9.17, 15) is 13.2 Å². The molecule has 0 saturated heterocycles. The van der Waals surface area contributed by atoms with E-state index in [1.807, 2.05) is 0 Å². The predicted octanol–water partition coefficient (Wildman–Crippen LogP) is 2.67. The fraction of sp³-hybridized carbons (Fsp3) is 0.400. The smallest absolute Gasteiger partial charge is 0.385 e. The average molecular weight is 373 g/mol. The molecule has 0 unspecified atom stereocenters. The van der Waals surface area contributed by atoms with Crippen molar-refractivity contribution >= 4 is 23.3 Å². The van der Waals surface area contributed by atoms with E-state index in [0.29, 0.717) is 23.8 Å². The third-order valence-corrected chi connectivity index (χ3v) is 3.42. The number of halogens is 3. The van der Waals surface area contributed by atoms with Crippen LogP contribution in [0.25, 0.3) is 0 Å². The summed E-state index contributed by atoms with van der Waals surface area (Å²) in [6.45, 7) is 1.44. The molecule has 1 aromatic heterocycles. The molecule has 0 fully saturated rings. The largest absolute Gasteiger partial charge is 0.416 e. The van der Waals surface area contributed by atoms with Gasteiger partial charge < -0.3 is 10.1 Å². The molecule has 0 amide bonds. The van der Waals surface area contributed by atoms with Crippen LogP contribution in [0, 0.1) is 0 Å². The standard InChI is InChI=1S/C15H18F3N5OS/c1-24-7-3-6-19-14(25)21-13-20-10-23(22-13)9-11-4-2-5-12(8-11)15(16,17)18/h2,4-5,8,10H,3,6-7,9H2,1H3,(H2,19,21,22,25). The second kappa shape index (κ2) is 8.77. The molecule has 2 rings (SSSR count). The lowest BCUT2D eigenvalue weighted by Crippen LogP contribution is -2.30. The van der Waals surface area contributed by atoms with Crippen molar-refractivity contribution in [2.75, 3.05) is 25.6 Å². The normalized spacial score (nSPS) is 11.4. The summed E-state index contributed by atoms with van der Waals surface area (Å²) in [5.74, 6) is 0.274. The molecule has 1 aromatic carbocycles. The first-order valence-electron chi connectivity index (χ1n) is 7.48. The lowest BCUT2D eigenvalue weighted by Gasteiger charge is -2.08. The number of hydrogen-bond donors (Lipinski definition) is 2. The van der Waals surface area contributed by atoms with E-state index >= 15 is 0 Å². The van der Waals surface area contributed by atoms with Gasteiger partial charge in [-0.05, 0) is 36.3 Å². The topological polar surface area (TPSA) is 64.0 Å². The van der Waals surface area contributed by atoms with E-state index in [1.165, 1.54) is 17.1 Å². The van der Waals surface area contributed by atoms with Crippen molar-refractivity contribution in [3.63, 3.8) is 0 Å². The summed E-state index contributed by atoms with van der Waals surface area (Å²) >= 11 is 5.11. The Balaban J connectivity index is 1.90. The van der Waals surface area contributed by atoms with Gasteiger partial charge in [0, 0.05) is 20.3 Å². The molecule has 0 bridgehead atoms. The average Bonchev–Trinajstić information content (AvgIpc) is 2.98. The van der Waals surface area contributed by atoms with Crippen LogP contribution < -0.4 is 10.6 Å². The molecule has 6 nitrogen and oxygen atoms in total. The van der Waals surface area contributed by atoms with Crippen molar-refractivity contribution in [2.24, 2.45) is 0 Å². The number of benzene rings is 1. The fourth-order valence-electron chi connectivity index (χ4n) is 2.03. The van der Waals surface area contributed by atoms with Crippen LogP contribution in [0.1, 0.15) is 17.5 Å². The quantitative estimate of drug-likeness (QED) is 0.575. The first-order valence-corrected chi connectivity index (χ1v) is 7.88. The van der Waals surface area contributed by atoms with Crippen LogP contribution in [0.5, 0.6) is 0 Å². The van der Waals surface area contributed by atoms with E-state index in [0.717, 1.165) is 18.6 Å². The molecule has 0 aliphatic heterocycles. The molecule has 0 spiro atoms. The predicted molar refractivity (Wildman–Crippen MR) is 91.3 cm³/mol. The maximum absolute atomic E-state index is 12.7. The number of hydrogen-bond acceptors (Lipinski definition) is 4. The van der Waals surface area contributed by atoms with Gasteiger partial charge in [0.25, 0.3) is 0 Å². The number of aromatic nitrogens is 3. The number of rotatable bonds is 7. The Labute approximate surface area is 148 Å². The maximum atomic E-state index is 12.7. The molecule has 0 saturated carbocycles. The molecule has 0 aliphatic rings. The highest BCUT2D eigenvalue weighted by Gasteiger charge is 2.30. The highest BCUT2D eigenvalue weighted by molar-refractivity contribution is 7.80. The second-order valence-electron chi connectivity index (χ2n) is 5.19. The van der Waals surface area contributed by atoms with Crippen LogP contribution in [0.4, 0.5) is 19.1 Å². The lowest BCUT2D eigenvalue weighted by molar-refractivity contribution is -0.137. The summed E-state index contributed by atoms with van der Waals surface area (Å²) in [6, 6.07) is 5.10. The van der Waals surface area contributed by atoms with Crippen LogP contribution in [0.15, 0.2) is 30.6 Å². The Morgan fingerprint density at radius 3 is 2.88 bits per heavy atom. The van der Waals surface area contributed by atoms with Crippen molar-refractivity contribution in [3.05, 3.63) is 41.7 Å². The second-order valence-corrected chi connectivity index (χ2v) is 5.60. The number of anilines is 1. The minimum atomic E-state index is -4.37. The highest BCUT2D eigenvalue weighted by atomic mass is 32.1. The Hall–Kier alpha value is -2.20. The Morgan fingerprint density at radius 1 is 1.36 bits per heavy atom. The SMILES string of the molecule is COCCCNC(=S)Nc1ncn(Cc2cccc(C(F)(F)F)c2)n1. The van der Waals surface area contributed by atoms with Crippen molar-refractivity contribution in [2.45, 2.75) is 19.1 Å². The van der Waals surface area contributed by atoms with Gasteiger partial charge in [-0.1, -0.05) is 12.1 Å². The summed E-state index contributed by atoms with van der Waals surface area (Å²) in [5.41, 5.74) is -0.212. The zero-order valence-electron chi connectivity index (χ0n) is 13.5. The fourth-order valence-corrected chi connectivity index (χ4v) is 2.22. The third kappa shape index (κ3) is 6.31. The molecule has 2 N–H and O–H groups in total. The van der Waals surface area contributed by atoms with Gasteiger partial charge >= 0.3 is 6.18 Å². The molecular weight excluding hydrogens is 355 g/mol. The van der Waals surface area contributed by atoms with Gasteiger partial charge in [-0.2, -0.15) is 13.2 Å². The van der Waals surface area contributed by atoms with E-state index < -0.39 is 11.7 Å². The molecular formula is C15H18F3N5OS. The molecule has 0 aliphatic carbocycles. The Morgan fingerprint density at radius 2 is 2.16 bits per heavy atom. The van der Waals surface area contributed by atoms with Crippen molar-refractivity contribution in [1.29, 1.82) is 0 Å². The number of nitrogens with one attached hydrogen (secondary N) is 2. The van der Waals surface area contributed by atoms with Gasteiger partial charge in [0.15, 0.2) is 5.11 Å². The van der Waals surface area contributed by atoms with Crippen LogP contribution in [0.3, 0.4) is 0 Å². The summed E-state index contributed by atoms with van der Waals surface area (Å²) in [6.07, 6.45) is -2.14. The van der Waals surface area contributed by atoms with E-state index in [4.69, 9.17) is 17.0 Å². The van der Waals surface area contributed by atoms with Gasteiger partial charge in [-0.15, -0.1) is 5.10 Å². The first-order chi connectivity index (χ1) is 11.9. The molecule has 1 heterocycles. The lowest BCUT2D eigenvalue weighted by atomic mass is 10.1. The summed E-state index contributed by atoms with van der Waals surface area (Å²) in [7, 11) is 1.62. The zero-order chi connectivity index (χ0) is 18.3. The van der Waals surface area contributed by atoms with Crippen molar-refractivity contribution in [3.8, 4) is 0 Å². The minimum absolute atomic E-state index is 0.173. The number of alkyl halides is 3. The molecule has 2 aromatic rings. The van der Waals surface area contributed by atoms with E-state index in [-0.39, 0.29) is 12.5 Å². The number of ether oxygens (including phenoxy) is 1. The zero-order valence-corrected chi connectivity index (χ0v) is 14.3. The van der Waals surface area contributed by atoms with Crippen molar-refractivity contribution in [1.82, 2.24) is 20.1 Å². The van der Waals surface area contributed by atoms with E-state index in [2.05, 4.69) is 20.7 Å². The molecule has 0 radical (unpaired) electrons. The monoisotopic (exact) mass is 373 g/mol. The van der Waals surface area contributed by atoms with Crippen molar-refractivity contribution < 1.29 is 17.9 Å². The Kier molecular flexibility index (Phi) is 6.71. The molecule has 10 heteroatoms. The summed E-state index contributed by atoms with van der Waals surface area (Å²) < 4.78 is 44.6. The van der Waals surface area contributed by atoms with Gasteiger partial charge in [0.05, 0.1) is 12.1 Å². The Bertz CT molecular complexity index is 704. The number of methoxy groups -OCH3 is 1. The van der Waals surface area contributed by atoms with Gasteiger partial charge in [-0.3, -0.25) is 5.32 Å². The van der Waals surface area contributed by atoms with Gasteiger partial charge in [-0.25, -0.2) is 9.67 Å². The van der Waals surface area contributed by atoms with Crippen LogP contribution in [0.2, 0.25) is 0 Å². The summed E-state index contributed by atoms with van der Waals surface area (Å²) in [5, 5.41) is 10.3. The molecule has 136 valence electrons. The van der Waals surface area contributed by atoms with E-state index in [1.54, 1.807) is 13.2 Å². The van der Waals surface area contributed by atoms with Crippen LogP contribution in [-0.4, -0.2) is 40.1 Å². The molecule has 0 atom stereocenters. The van der Waals surface area contributed by atoms with Crippen LogP contribution >= 0.6 is 12.2 Å². The highest BCUT2D eigenvalue weighted by Crippen LogP contribution is 2.29. The van der Waals surface area contributed by atoms with Gasteiger partial charge in [0.2, 0.25) is 5.95 Å². The number of nitrogens with zero attached hydrogens (tertiary/aromatic N) is 3. The number of thiocarbonyl (C=S) groups is 1. The third-order valence-electron chi connectivity index (χ3n) is 3.17. The molecule has 25 heavy (non-hydrogen) atoms. The minimum Gasteiger partial charge on any atom is -0.385 e. The summed E-state index contributed by atoms with van der Waals surface area (Å²) in [4.78, 5) is 4.03. The maximum Gasteiger partial charge on any atom is 0.416 e. The van der Waals surface area contributed by atoms with Gasteiger partial charge in [0.1, 0.15) is 6.33 Å². The van der Waals surface area contributed by atoms with Crippen LogP contribution in [-0.2, 0) is 17.5 Å². The first kappa shape index (κ1) is 19.1.